The fraction of sp³-hybridized carbons (Fsp3) is 0.118. The van der Waals surface area contributed by atoms with Gasteiger partial charge in [-0.1, -0.05) is 18.2 Å². The Balaban J connectivity index is 2.03. The van der Waals surface area contributed by atoms with Crippen LogP contribution in [0.4, 0.5) is 23.2 Å². The minimum Gasteiger partial charge on any atom is -0.318 e. The Morgan fingerprint density at radius 1 is 1.00 bits per heavy atom. The van der Waals surface area contributed by atoms with Crippen LogP contribution in [0.3, 0.4) is 0 Å². The zero-order valence-electron chi connectivity index (χ0n) is 13.4. The summed E-state index contributed by atoms with van der Waals surface area (Å²) in [5.41, 5.74) is 3.18. The largest absolute Gasteiger partial charge is 0.471 e. The fourth-order valence-corrected chi connectivity index (χ4v) is 1.89. The van der Waals surface area contributed by atoms with Gasteiger partial charge in [-0.05, 0) is 42.8 Å². The molecule has 0 saturated heterocycles. The summed E-state index contributed by atoms with van der Waals surface area (Å²) in [7, 11) is 0. The van der Waals surface area contributed by atoms with Gasteiger partial charge in [-0.25, -0.2) is 9.82 Å². The van der Waals surface area contributed by atoms with E-state index in [-0.39, 0.29) is 11.3 Å². The van der Waals surface area contributed by atoms with Crippen LogP contribution in [0, 0.1) is 5.82 Å². The van der Waals surface area contributed by atoms with Gasteiger partial charge in [0.1, 0.15) is 5.82 Å². The van der Waals surface area contributed by atoms with E-state index in [1.54, 1.807) is 12.2 Å². The lowest BCUT2D eigenvalue weighted by molar-refractivity contribution is -0.167. The first kappa shape index (κ1) is 19.1. The summed E-state index contributed by atoms with van der Waals surface area (Å²) in [4.78, 5) is 22.7. The highest BCUT2D eigenvalue weighted by molar-refractivity contribution is 6.01. The maximum Gasteiger partial charge on any atom is 0.471 e. The molecule has 0 unspecified atom stereocenters. The molecule has 5 nitrogen and oxygen atoms in total. The molecule has 2 aromatic rings. The zero-order chi connectivity index (χ0) is 19.3. The third-order valence-electron chi connectivity index (χ3n) is 3.23. The highest BCUT2D eigenvalue weighted by Crippen LogP contribution is 2.18. The molecule has 0 heterocycles. The molecule has 0 bridgehead atoms. The number of carbonyl (C=O) groups excluding carboxylic acids is 2. The van der Waals surface area contributed by atoms with Crippen molar-refractivity contribution in [2.75, 3.05) is 5.32 Å². The van der Waals surface area contributed by atoms with Crippen LogP contribution in [0.1, 0.15) is 22.8 Å². The Hall–Kier alpha value is -3.23. The number of nitrogens with one attached hydrogen (secondary N) is 2. The molecule has 9 heteroatoms. The first-order valence-corrected chi connectivity index (χ1v) is 7.25. The van der Waals surface area contributed by atoms with Crippen LogP contribution in [-0.2, 0) is 4.79 Å². The SMILES string of the molecule is CC(=NNC(=O)c1cccc(F)c1)c1ccc(NC(=O)C(F)(F)F)cc1. The van der Waals surface area contributed by atoms with Crippen molar-refractivity contribution in [3.05, 3.63) is 65.5 Å². The van der Waals surface area contributed by atoms with Gasteiger partial charge in [0.25, 0.3) is 5.91 Å². The molecule has 0 aromatic heterocycles. The second-order valence-corrected chi connectivity index (χ2v) is 5.18. The lowest BCUT2D eigenvalue weighted by Crippen LogP contribution is -2.29. The smallest absolute Gasteiger partial charge is 0.318 e. The van der Waals surface area contributed by atoms with Crippen molar-refractivity contribution in [1.29, 1.82) is 0 Å². The van der Waals surface area contributed by atoms with Gasteiger partial charge in [0, 0.05) is 11.3 Å². The molecule has 0 aliphatic heterocycles. The van der Waals surface area contributed by atoms with Crippen LogP contribution in [0.15, 0.2) is 53.6 Å². The quantitative estimate of drug-likeness (QED) is 0.493. The number of anilines is 1. The van der Waals surface area contributed by atoms with E-state index in [2.05, 4.69) is 10.5 Å². The summed E-state index contributed by atoms with van der Waals surface area (Å²) in [6, 6.07) is 10.5. The fourth-order valence-electron chi connectivity index (χ4n) is 1.89. The van der Waals surface area contributed by atoms with Gasteiger partial charge in [0.15, 0.2) is 0 Å². The minimum atomic E-state index is -4.97. The topological polar surface area (TPSA) is 70.6 Å². The van der Waals surface area contributed by atoms with Crippen molar-refractivity contribution >= 4 is 23.2 Å². The number of benzene rings is 2. The van der Waals surface area contributed by atoms with Crippen LogP contribution in [-0.4, -0.2) is 23.7 Å². The number of alkyl halides is 3. The van der Waals surface area contributed by atoms with Gasteiger partial charge in [0.2, 0.25) is 0 Å². The average Bonchev–Trinajstić information content (AvgIpc) is 2.59. The lowest BCUT2D eigenvalue weighted by Gasteiger charge is -2.08. The van der Waals surface area contributed by atoms with E-state index in [0.717, 1.165) is 6.07 Å². The van der Waals surface area contributed by atoms with E-state index in [0.29, 0.717) is 11.3 Å². The van der Waals surface area contributed by atoms with E-state index in [9.17, 15) is 27.2 Å². The number of carbonyl (C=O) groups is 2. The van der Waals surface area contributed by atoms with Gasteiger partial charge < -0.3 is 5.32 Å². The zero-order valence-corrected chi connectivity index (χ0v) is 13.4. The molecular formula is C17H13F4N3O2. The molecule has 26 heavy (non-hydrogen) atoms. The summed E-state index contributed by atoms with van der Waals surface area (Å²) in [6.45, 7) is 1.56. The van der Waals surface area contributed by atoms with Crippen LogP contribution < -0.4 is 10.7 Å². The van der Waals surface area contributed by atoms with Crippen LogP contribution in [0.25, 0.3) is 0 Å². The lowest BCUT2D eigenvalue weighted by atomic mass is 10.1. The maximum atomic E-state index is 13.1. The molecule has 0 spiro atoms. The summed E-state index contributed by atoms with van der Waals surface area (Å²) < 4.78 is 49.6. The third kappa shape index (κ3) is 5.13. The summed E-state index contributed by atoms with van der Waals surface area (Å²) in [5.74, 6) is -3.24. The van der Waals surface area contributed by atoms with E-state index >= 15 is 0 Å². The normalized spacial score (nSPS) is 11.8. The molecule has 2 rings (SSSR count). The Kier molecular flexibility index (Phi) is 5.71. The highest BCUT2D eigenvalue weighted by atomic mass is 19.4. The van der Waals surface area contributed by atoms with Gasteiger partial charge in [-0.3, -0.25) is 9.59 Å². The number of rotatable bonds is 4. The molecule has 0 radical (unpaired) electrons. The first-order chi connectivity index (χ1) is 12.2. The Morgan fingerprint density at radius 2 is 1.65 bits per heavy atom. The van der Waals surface area contributed by atoms with E-state index in [1.807, 2.05) is 0 Å². The van der Waals surface area contributed by atoms with E-state index in [4.69, 9.17) is 0 Å². The minimum absolute atomic E-state index is 0.0346. The molecular weight excluding hydrogens is 354 g/mol. The number of nitrogens with zero attached hydrogens (tertiary/aromatic N) is 1. The van der Waals surface area contributed by atoms with Gasteiger partial charge in [-0.2, -0.15) is 18.3 Å². The molecule has 0 aliphatic rings. The van der Waals surface area contributed by atoms with Crippen LogP contribution >= 0.6 is 0 Å². The van der Waals surface area contributed by atoms with Crippen LogP contribution in [0.2, 0.25) is 0 Å². The number of hydrogen-bond donors (Lipinski definition) is 2. The molecule has 0 aliphatic carbocycles. The molecule has 136 valence electrons. The molecule has 2 N–H and O–H groups in total. The van der Waals surface area contributed by atoms with Gasteiger partial charge in [0.05, 0.1) is 5.71 Å². The van der Waals surface area contributed by atoms with Crippen molar-refractivity contribution in [2.45, 2.75) is 13.1 Å². The van der Waals surface area contributed by atoms with Crippen molar-refractivity contribution < 1.29 is 27.2 Å². The third-order valence-corrected chi connectivity index (χ3v) is 3.23. The maximum absolute atomic E-state index is 13.1. The summed E-state index contributed by atoms with van der Waals surface area (Å²) in [6.07, 6.45) is -4.97. The molecule has 0 saturated carbocycles. The summed E-state index contributed by atoms with van der Waals surface area (Å²) in [5, 5.41) is 5.57. The van der Waals surface area contributed by atoms with Gasteiger partial charge >= 0.3 is 12.1 Å². The first-order valence-electron chi connectivity index (χ1n) is 7.25. The molecule has 2 aromatic carbocycles. The predicted molar refractivity (Wildman–Crippen MR) is 87.2 cm³/mol. The van der Waals surface area contributed by atoms with E-state index in [1.165, 1.54) is 42.5 Å². The Morgan fingerprint density at radius 3 is 2.23 bits per heavy atom. The number of amides is 2. The predicted octanol–water partition coefficient (Wildman–Crippen LogP) is 3.48. The van der Waals surface area contributed by atoms with Crippen molar-refractivity contribution in [3.63, 3.8) is 0 Å². The monoisotopic (exact) mass is 367 g/mol. The van der Waals surface area contributed by atoms with E-state index < -0.39 is 23.8 Å². The second-order valence-electron chi connectivity index (χ2n) is 5.18. The van der Waals surface area contributed by atoms with Gasteiger partial charge in [-0.15, -0.1) is 0 Å². The van der Waals surface area contributed by atoms with Crippen molar-refractivity contribution in [3.8, 4) is 0 Å². The Bertz CT molecular complexity index is 846. The Labute approximate surface area is 145 Å². The van der Waals surface area contributed by atoms with Crippen LogP contribution in [0.5, 0.6) is 0 Å². The number of hydrazone groups is 1. The second kappa shape index (κ2) is 7.77. The van der Waals surface area contributed by atoms with Crippen molar-refractivity contribution in [2.24, 2.45) is 5.10 Å². The average molecular weight is 367 g/mol. The highest BCUT2D eigenvalue weighted by Gasteiger charge is 2.38. The molecule has 0 fully saturated rings. The molecule has 0 atom stereocenters. The summed E-state index contributed by atoms with van der Waals surface area (Å²) >= 11 is 0. The number of halogens is 4. The standard InChI is InChI=1S/C17H13F4N3O2/c1-10(23-24-15(25)12-3-2-4-13(18)9-12)11-5-7-14(8-6-11)22-16(26)17(19,20)21/h2-9H,1H3,(H,22,26)(H,24,25). The number of hydrogen-bond acceptors (Lipinski definition) is 3. The molecule has 2 amide bonds. The van der Waals surface area contributed by atoms with Crippen molar-refractivity contribution in [1.82, 2.24) is 5.43 Å².